The van der Waals surface area contributed by atoms with Crippen molar-refractivity contribution in [1.82, 2.24) is 5.06 Å². The van der Waals surface area contributed by atoms with E-state index in [2.05, 4.69) is 0 Å². The van der Waals surface area contributed by atoms with Gasteiger partial charge < -0.3 is 0 Å². The first-order chi connectivity index (χ1) is 12.5. The van der Waals surface area contributed by atoms with E-state index in [4.69, 9.17) is 4.28 Å². The fourth-order valence-corrected chi connectivity index (χ4v) is 4.14. The van der Waals surface area contributed by atoms with Crippen LogP contribution in [0.1, 0.15) is 66.8 Å². The number of carbonyl (C=O) groups is 2. The summed E-state index contributed by atoms with van der Waals surface area (Å²) in [5, 5.41) is 1.69. The summed E-state index contributed by atoms with van der Waals surface area (Å²) in [4.78, 5) is 25.7. The molecule has 7 heteroatoms. The van der Waals surface area contributed by atoms with Crippen LogP contribution in [0, 0.1) is 0 Å². The van der Waals surface area contributed by atoms with E-state index >= 15 is 0 Å². The SMILES string of the molecule is CCCCS(=O)(=O)ON1C(=O)c2cccc3cc(C(C)(C)C)cc(c23)C1=O. The van der Waals surface area contributed by atoms with Gasteiger partial charge >= 0.3 is 0 Å². The minimum atomic E-state index is -4.03. The van der Waals surface area contributed by atoms with Crippen molar-refractivity contribution in [3.63, 3.8) is 0 Å². The lowest BCUT2D eigenvalue weighted by molar-refractivity contribution is -0.0155. The summed E-state index contributed by atoms with van der Waals surface area (Å²) in [7, 11) is -4.03. The minimum absolute atomic E-state index is 0.221. The van der Waals surface area contributed by atoms with Crippen molar-refractivity contribution < 1.29 is 22.3 Å². The standard InChI is InChI=1S/C20H23NO5S/c1-5-6-10-27(24,25)26-21-18(22)15-9-7-8-13-11-14(20(2,3)4)12-16(17(13)15)19(21)23/h7-9,11-12H,5-6,10H2,1-4H3. The Hall–Kier alpha value is -2.25. The molecule has 2 aromatic rings. The molecule has 0 aromatic heterocycles. The lowest BCUT2D eigenvalue weighted by atomic mass is 9.83. The second kappa shape index (κ2) is 6.73. The Morgan fingerprint density at radius 3 is 2.33 bits per heavy atom. The normalized spacial score (nSPS) is 14.9. The van der Waals surface area contributed by atoms with E-state index in [0.717, 1.165) is 10.9 Å². The van der Waals surface area contributed by atoms with Crippen molar-refractivity contribution in [2.24, 2.45) is 0 Å². The first-order valence-corrected chi connectivity index (χ1v) is 10.5. The van der Waals surface area contributed by atoms with Crippen molar-refractivity contribution in [3.05, 3.63) is 47.0 Å². The van der Waals surface area contributed by atoms with E-state index in [0.29, 0.717) is 23.3 Å². The number of amides is 2. The molecular formula is C20H23NO5S. The smallest absolute Gasteiger partial charge is 0.266 e. The van der Waals surface area contributed by atoms with Crippen molar-refractivity contribution >= 4 is 32.7 Å². The molecule has 0 unspecified atom stereocenters. The van der Waals surface area contributed by atoms with Crippen LogP contribution in [-0.2, 0) is 19.8 Å². The second-order valence-electron chi connectivity index (χ2n) is 7.77. The molecule has 27 heavy (non-hydrogen) atoms. The number of imide groups is 1. The van der Waals surface area contributed by atoms with Gasteiger partial charge in [0.2, 0.25) is 0 Å². The van der Waals surface area contributed by atoms with Crippen molar-refractivity contribution in [2.75, 3.05) is 5.75 Å². The molecule has 0 N–H and O–H groups in total. The number of benzene rings is 2. The van der Waals surface area contributed by atoms with Crippen LogP contribution in [0.25, 0.3) is 10.8 Å². The Balaban J connectivity index is 2.13. The van der Waals surface area contributed by atoms with Crippen LogP contribution in [-0.4, -0.2) is 31.0 Å². The van der Waals surface area contributed by atoms with Gasteiger partial charge in [-0.3, -0.25) is 9.59 Å². The Kier molecular flexibility index (Phi) is 4.86. The monoisotopic (exact) mass is 389 g/mol. The zero-order valence-corrected chi connectivity index (χ0v) is 16.7. The summed E-state index contributed by atoms with van der Waals surface area (Å²) >= 11 is 0. The zero-order chi connectivity index (χ0) is 20.0. The molecule has 0 aliphatic carbocycles. The first-order valence-electron chi connectivity index (χ1n) is 8.93. The van der Waals surface area contributed by atoms with Crippen molar-refractivity contribution in [2.45, 2.75) is 46.0 Å². The highest BCUT2D eigenvalue weighted by molar-refractivity contribution is 7.86. The fourth-order valence-electron chi connectivity index (χ4n) is 3.06. The molecule has 1 heterocycles. The summed E-state index contributed by atoms with van der Waals surface area (Å²) in [6.07, 6.45) is 1.04. The average Bonchev–Trinajstić information content (AvgIpc) is 2.60. The summed E-state index contributed by atoms with van der Waals surface area (Å²) in [5.74, 6) is -1.77. The van der Waals surface area contributed by atoms with Crippen LogP contribution >= 0.6 is 0 Å². The van der Waals surface area contributed by atoms with Crippen molar-refractivity contribution in [3.8, 4) is 0 Å². The molecule has 0 fully saturated rings. The maximum Gasteiger partial charge on any atom is 0.288 e. The summed E-state index contributed by atoms with van der Waals surface area (Å²) in [6.45, 7) is 7.91. The van der Waals surface area contributed by atoms with Gasteiger partial charge in [0.25, 0.3) is 21.9 Å². The lowest BCUT2D eigenvalue weighted by Crippen LogP contribution is -2.42. The number of hydroxylamine groups is 2. The molecule has 2 amide bonds. The van der Waals surface area contributed by atoms with Crippen LogP contribution in [0.3, 0.4) is 0 Å². The van der Waals surface area contributed by atoms with E-state index in [-0.39, 0.29) is 22.3 Å². The van der Waals surface area contributed by atoms with Crippen LogP contribution in [0.5, 0.6) is 0 Å². The van der Waals surface area contributed by atoms with Gasteiger partial charge in [-0.25, -0.2) is 0 Å². The highest BCUT2D eigenvalue weighted by atomic mass is 32.2. The molecule has 2 aromatic carbocycles. The minimum Gasteiger partial charge on any atom is -0.266 e. The fraction of sp³-hybridized carbons (Fsp3) is 0.400. The molecule has 144 valence electrons. The lowest BCUT2D eigenvalue weighted by Gasteiger charge is -2.27. The van der Waals surface area contributed by atoms with Crippen LogP contribution in [0.15, 0.2) is 30.3 Å². The predicted octanol–water partition coefficient (Wildman–Crippen LogP) is 3.79. The number of unbranched alkanes of at least 4 members (excludes halogenated alkanes) is 1. The Labute approximate surface area is 159 Å². The van der Waals surface area contributed by atoms with E-state index in [9.17, 15) is 18.0 Å². The number of nitrogens with zero attached hydrogens (tertiary/aromatic N) is 1. The highest BCUT2D eigenvalue weighted by Crippen LogP contribution is 2.35. The molecule has 0 saturated carbocycles. The summed E-state index contributed by atoms with van der Waals surface area (Å²) < 4.78 is 29.2. The maximum absolute atomic E-state index is 13.0. The first kappa shape index (κ1) is 19.5. The molecule has 0 atom stereocenters. The molecule has 3 rings (SSSR count). The topological polar surface area (TPSA) is 80.8 Å². The average molecular weight is 389 g/mol. The van der Waals surface area contributed by atoms with Gasteiger partial charge in [0.15, 0.2) is 0 Å². The largest absolute Gasteiger partial charge is 0.288 e. The van der Waals surface area contributed by atoms with Gasteiger partial charge in [-0.1, -0.05) is 52.3 Å². The van der Waals surface area contributed by atoms with Gasteiger partial charge in [0.1, 0.15) is 0 Å². The molecule has 0 radical (unpaired) electrons. The molecule has 1 aliphatic heterocycles. The second-order valence-corrected chi connectivity index (χ2v) is 9.44. The summed E-state index contributed by atoms with van der Waals surface area (Å²) in [5.41, 5.74) is 1.23. The third-order valence-electron chi connectivity index (χ3n) is 4.61. The van der Waals surface area contributed by atoms with Gasteiger partial charge in [0, 0.05) is 5.39 Å². The van der Waals surface area contributed by atoms with Gasteiger partial charge in [-0.15, -0.1) is 9.35 Å². The molecule has 0 bridgehead atoms. The molecule has 6 nitrogen and oxygen atoms in total. The number of hydrogen-bond donors (Lipinski definition) is 0. The number of hydrogen-bond acceptors (Lipinski definition) is 5. The third kappa shape index (κ3) is 3.61. The van der Waals surface area contributed by atoms with Gasteiger partial charge in [0.05, 0.1) is 16.9 Å². The van der Waals surface area contributed by atoms with Gasteiger partial charge in [-0.2, -0.15) is 8.42 Å². The van der Waals surface area contributed by atoms with Gasteiger partial charge in [-0.05, 0) is 34.9 Å². The maximum atomic E-state index is 13.0. The summed E-state index contributed by atoms with van der Waals surface area (Å²) in [6, 6.07) is 8.80. The van der Waals surface area contributed by atoms with Crippen LogP contribution in [0.2, 0.25) is 0 Å². The number of carbonyl (C=O) groups excluding carboxylic acids is 2. The molecule has 1 aliphatic rings. The molecule has 0 saturated heterocycles. The van der Waals surface area contributed by atoms with E-state index < -0.39 is 21.9 Å². The van der Waals surface area contributed by atoms with Crippen LogP contribution < -0.4 is 0 Å². The molecular weight excluding hydrogens is 366 g/mol. The highest BCUT2D eigenvalue weighted by Gasteiger charge is 2.37. The molecule has 0 spiro atoms. The zero-order valence-electron chi connectivity index (χ0n) is 15.9. The Morgan fingerprint density at radius 1 is 1.04 bits per heavy atom. The Bertz CT molecular complexity index is 1030. The van der Waals surface area contributed by atoms with Crippen molar-refractivity contribution in [1.29, 1.82) is 0 Å². The third-order valence-corrected chi connectivity index (χ3v) is 5.77. The quantitative estimate of drug-likeness (QED) is 0.727. The number of rotatable bonds is 5. The predicted molar refractivity (Wildman–Crippen MR) is 103 cm³/mol. The van der Waals surface area contributed by atoms with E-state index in [1.165, 1.54) is 0 Å². The van der Waals surface area contributed by atoms with E-state index in [1.54, 1.807) is 18.2 Å². The van der Waals surface area contributed by atoms with E-state index in [1.807, 2.05) is 39.8 Å². The Morgan fingerprint density at radius 2 is 1.70 bits per heavy atom. The van der Waals surface area contributed by atoms with Crippen LogP contribution in [0.4, 0.5) is 0 Å².